The van der Waals surface area contributed by atoms with E-state index in [1.165, 1.54) is 0 Å². The van der Waals surface area contributed by atoms with Crippen LogP contribution < -0.4 is 10.6 Å². The summed E-state index contributed by atoms with van der Waals surface area (Å²) in [5.74, 6) is -0.0242. The summed E-state index contributed by atoms with van der Waals surface area (Å²) in [5.41, 5.74) is 2.71. The van der Waals surface area contributed by atoms with Crippen LogP contribution in [-0.2, 0) is 0 Å². The van der Waals surface area contributed by atoms with Crippen molar-refractivity contribution >= 4 is 11.6 Å². The van der Waals surface area contributed by atoms with E-state index in [2.05, 4.69) is 22.5 Å². The van der Waals surface area contributed by atoms with Gasteiger partial charge >= 0.3 is 0 Å². The standard InChI is InChI=1S/C14H23N3O/c1-5-17(4)9-8-16-14(18)12-7-6-11(2)10-13(12)15-3/h6-7,10,15H,5,8-9H2,1-4H3,(H,16,18). The minimum Gasteiger partial charge on any atom is -0.387 e. The molecule has 0 saturated carbocycles. The number of amides is 1. The molecule has 0 unspecified atom stereocenters. The summed E-state index contributed by atoms with van der Waals surface area (Å²) in [5, 5.41) is 5.99. The Hall–Kier alpha value is -1.55. The largest absolute Gasteiger partial charge is 0.387 e. The van der Waals surface area contributed by atoms with Crippen molar-refractivity contribution in [2.24, 2.45) is 0 Å². The van der Waals surface area contributed by atoms with Crippen LogP contribution >= 0.6 is 0 Å². The average molecular weight is 249 g/mol. The molecule has 0 saturated heterocycles. The van der Waals surface area contributed by atoms with Gasteiger partial charge < -0.3 is 15.5 Å². The molecule has 0 bridgehead atoms. The van der Waals surface area contributed by atoms with Gasteiger partial charge in [-0.2, -0.15) is 0 Å². The highest BCUT2D eigenvalue weighted by Gasteiger charge is 2.10. The molecule has 0 aliphatic rings. The lowest BCUT2D eigenvalue weighted by Gasteiger charge is -2.15. The molecule has 4 nitrogen and oxygen atoms in total. The van der Waals surface area contributed by atoms with E-state index >= 15 is 0 Å². The molecule has 0 radical (unpaired) electrons. The normalized spacial score (nSPS) is 10.5. The van der Waals surface area contributed by atoms with E-state index in [1.54, 1.807) is 0 Å². The molecule has 0 spiro atoms. The van der Waals surface area contributed by atoms with Gasteiger partial charge in [-0.05, 0) is 38.2 Å². The molecule has 2 N–H and O–H groups in total. The number of carbonyl (C=O) groups excluding carboxylic acids is 1. The Balaban J connectivity index is 2.61. The highest BCUT2D eigenvalue weighted by atomic mass is 16.1. The molecule has 1 rings (SSSR count). The van der Waals surface area contributed by atoms with Crippen LogP contribution in [-0.4, -0.2) is 44.5 Å². The molecule has 0 aliphatic carbocycles. The third kappa shape index (κ3) is 4.04. The Morgan fingerprint density at radius 3 is 2.72 bits per heavy atom. The molecule has 4 heteroatoms. The van der Waals surface area contributed by atoms with E-state index in [9.17, 15) is 4.79 Å². The number of carbonyl (C=O) groups is 1. The Kier molecular flexibility index (Phi) is 5.65. The lowest BCUT2D eigenvalue weighted by molar-refractivity contribution is 0.0951. The summed E-state index contributed by atoms with van der Waals surface area (Å²) in [6.07, 6.45) is 0. The van der Waals surface area contributed by atoms with Gasteiger partial charge in [-0.3, -0.25) is 4.79 Å². The van der Waals surface area contributed by atoms with Gasteiger partial charge in [0.25, 0.3) is 5.91 Å². The molecule has 0 fully saturated rings. The van der Waals surface area contributed by atoms with Gasteiger partial charge in [0, 0.05) is 25.8 Å². The first-order valence-electron chi connectivity index (χ1n) is 6.33. The quantitative estimate of drug-likeness (QED) is 0.807. The third-order valence-electron chi connectivity index (χ3n) is 3.01. The number of hydrogen-bond acceptors (Lipinski definition) is 3. The minimum absolute atomic E-state index is 0.0242. The smallest absolute Gasteiger partial charge is 0.253 e. The molecule has 0 aromatic heterocycles. The molecule has 1 aromatic rings. The zero-order valence-electron chi connectivity index (χ0n) is 11.7. The van der Waals surface area contributed by atoms with Crippen LogP contribution in [0.3, 0.4) is 0 Å². The van der Waals surface area contributed by atoms with E-state index in [1.807, 2.05) is 39.2 Å². The molecular formula is C14H23N3O. The van der Waals surface area contributed by atoms with Gasteiger partial charge in [-0.1, -0.05) is 13.0 Å². The van der Waals surface area contributed by atoms with Crippen molar-refractivity contribution in [2.45, 2.75) is 13.8 Å². The number of likely N-dealkylation sites (N-methyl/N-ethyl adjacent to an activating group) is 1. The van der Waals surface area contributed by atoms with Crippen molar-refractivity contribution in [2.75, 3.05) is 39.0 Å². The van der Waals surface area contributed by atoms with Crippen LogP contribution in [0.2, 0.25) is 0 Å². The van der Waals surface area contributed by atoms with Crippen LogP contribution in [0.5, 0.6) is 0 Å². The second kappa shape index (κ2) is 7.01. The van der Waals surface area contributed by atoms with E-state index in [4.69, 9.17) is 0 Å². The topological polar surface area (TPSA) is 44.4 Å². The van der Waals surface area contributed by atoms with Crippen LogP contribution in [0.15, 0.2) is 18.2 Å². The first kappa shape index (κ1) is 14.5. The zero-order valence-corrected chi connectivity index (χ0v) is 11.7. The Morgan fingerprint density at radius 2 is 2.11 bits per heavy atom. The average Bonchev–Trinajstić information content (AvgIpc) is 2.37. The van der Waals surface area contributed by atoms with Crippen LogP contribution in [0, 0.1) is 6.92 Å². The van der Waals surface area contributed by atoms with Crippen LogP contribution in [0.25, 0.3) is 0 Å². The van der Waals surface area contributed by atoms with Gasteiger partial charge in [-0.15, -0.1) is 0 Å². The summed E-state index contributed by atoms with van der Waals surface area (Å²) < 4.78 is 0. The fourth-order valence-electron chi connectivity index (χ4n) is 1.68. The minimum atomic E-state index is -0.0242. The number of aryl methyl sites for hydroxylation is 1. The van der Waals surface area contributed by atoms with Gasteiger partial charge in [0.15, 0.2) is 0 Å². The summed E-state index contributed by atoms with van der Waals surface area (Å²) in [6, 6.07) is 5.79. The lowest BCUT2D eigenvalue weighted by Crippen LogP contribution is -2.33. The summed E-state index contributed by atoms with van der Waals surface area (Å²) in [7, 11) is 3.87. The molecule has 1 amide bonds. The van der Waals surface area contributed by atoms with Crippen LogP contribution in [0.1, 0.15) is 22.8 Å². The molecule has 0 atom stereocenters. The van der Waals surface area contributed by atoms with Crippen LogP contribution in [0.4, 0.5) is 5.69 Å². The van der Waals surface area contributed by atoms with Crippen molar-refractivity contribution in [3.05, 3.63) is 29.3 Å². The Morgan fingerprint density at radius 1 is 1.39 bits per heavy atom. The lowest BCUT2D eigenvalue weighted by atomic mass is 10.1. The maximum atomic E-state index is 12.0. The number of nitrogens with one attached hydrogen (secondary N) is 2. The first-order valence-corrected chi connectivity index (χ1v) is 6.33. The Labute approximate surface area is 109 Å². The third-order valence-corrected chi connectivity index (χ3v) is 3.01. The van der Waals surface area contributed by atoms with Gasteiger partial charge in [-0.25, -0.2) is 0 Å². The van der Waals surface area contributed by atoms with E-state index in [-0.39, 0.29) is 5.91 Å². The molecular weight excluding hydrogens is 226 g/mol. The zero-order chi connectivity index (χ0) is 13.5. The maximum absolute atomic E-state index is 12.0. The molecule has 0 heterocycles. The van der Waals surface area contributed by atoms with Gasteiger partial charge in [0.05, 0.1) is 5.56 Å². The monoisotopic (exact) mass is 249 g/mol. The number of hydrogen-bond donors (Lipinski definition) is 2. The van der Waals surface area contributed by atoms with Crippen molar-refractivity contribution in [3.63, 3.8) is 0 Å². The fourth-order valence-corrected chi connectivity index (χ4v) is 1.68. The highest BCUT2D eigenvalue weighted by molar-refractivity contribution is 5.99. The Bertz CT molecular complexity index is 404. The fraction of sp³-hybridized carbons (Fsp3) is 0.500. The SMILES string of the molecule is CCN(C)CCNC(=O)c1ccc(C)cc1NC. The number of anilines is 1. The van der Waals surface area contributed by atoms with Crippen molar-refractivity contribution in [1.29, 1.82) is 0 Å². The summed E-state index contributed by atoms with van der Waals surface area (Å²) >= 11 is 0. The van der Waals surface area contributed by atoms with Gasteiger partial charge in [0.1, 0.15) is 0 Å². The number of nitrogens with zero attached hydrogens (tertiary/aromatic N) is 1. The van der Waals surface area contributed by atoms with E-state index in [0.717, 1.165) is 24.3 Å². The molecule has 0 aliphatic heterocycles. The summed E-state index contributed by atoms with van der Waals surface area (Å²) in [6.45, 7) is 6.63. The predicted octanol–water partition coefficient (Wildman–Crippen LogP) is 1.72. The number of rotatable bonds is 6. The molecule has 1 aromatic carbocycles. The van der Waals surface area contributed by atoms with Gasteiger partial charge in [0.2, 0.25) is 0 Å². The molecule has 18 heavy (non-hydrogen) atoms. The van der Waals surface area contributed by atoms with Crippen molar-refractivity contribution < 1.29 is 4.79 Å². The maximum Gasteiger partial charge on any atom is 0.253 e. The van der Waals surface area contributed by atoms with E-state index in [0.29, 0.717) is 12.1 Å². The number of benzene rings is 1. The second-order valence-corrected chi connectivity index (χ2v) is 4.45. The van der Waals surface area contributed by atoms with Crippen molar-refractivity contribution in [1.82, 2.24) is 10.2 Å². The predicted molar refractivity (Wildman–Crippen MR) is 76.2 cm³/mol. The molecule has 100 valence electrons. The highest BCUT2D eigenvalue weighted by Crippen LogP contribution is 2.16. The first-order chi connectivity index (χ1) is 8.58. The van der Waals surface area contributed by atoms with Crippen molar-refractivity contribution in [3.8, 4) is 0 Å². The van der Waals surface area contributed by atoms with E-state index < -0.39 is 0 Å². The summed E-state index contributed by atoms with van der Waals surface area (Å²) in [4.78, 5) is 14.2. The second-order valence-electron chi connectivity index (χ2n) is 4.45.